The number of aromatic nitrogens is 1. The zero-order valence-electron chi connectivity index (χ0n) is 15.0. The van der Waals surface area contributed by atoms with Crippen LogP contribution in [0.3, 0.4) is 0 Å². The molecule has 2 aromatic heterocycles. The maximum Gasteiger partial charge on any atom is 0.268 e. The van der Waals surface area contributed by atoms with Gasteiger partial charge in [0.15, 0.2) is 5.75 Å². The molecule has 0 unspecified atom stereocenters. The number of nitrogens with one attached hydrogen (secondary N) is 1. The highest BCUT2D eigenvalue weighted by Gasteiger charge is 2.25. The van der Waals surface area contributed by atoms with Gasteiger partial charge in [0.1, 0.15) is 5.56 Å². The van der Waals surface area contributed by atoms with Crippen LogP contribution in [0.25, 0.3) is 10.2 Å². The molecule has 1 aromatic carbocycles. The summed E-state index contributed by atoms with van der Waals surface area (Å²) in [5.74, 6) is -0.677. The van der Waals surface area contributed by atoms with Gasteiger partial charge >= 0.3 is 0 Å². The minimum absolute atomic E-state index is 0.0756. The first-order valence-corrected chi connectivity index (χ1v) is 10.2. The fraction of sp³-hybridized carbons (Fsp3) is 0.333. The second kappa shape index (κ2) is 7.56. The van der Waals surface area contributed by atoms with Gasteiger partial charge in [0.2, 0.25) is 0 Å². The van der Waals surface area contributed by atoms with Crippen molar-refractivity contribution in [2.24, 2.45) is 0 Å². The van der Waals surface area contributed by atoms with Crippen LogP contribution in [0.5, 0.6) is 5.75 Å². The van der Waals surface area contributed by atoms with E-state index in [2.05, 4.69) is 5.32 Å². The van der Waals surface area contributed by atoms with Gasteiger partial charge in [-0.05, 0) is 29.9 Å². The van der Waals surface area contributed by atoms with E-state index in [1.807, 2.05) is 41.8 Å². The second-order valence-electron chi connectivity index (χ2n) is 7.04. The van der Waals surface area contributed by atoms with Crippen LogP contribution in [0.2, 0.25) is 0 Å². The van der Waals surface area contributed by atoms with Crippen LogP contribution < -0.4 is 10.9 Å². The quantitative estimate of drug-likeness (QED) is 0.719. The van der Waals surface area contributed by atoms with Crippen LogP contribution in [-0.2, 0) is 6.54 Å². The Kier molecular flexibility index (Phi) is 4.99. The van der Waals surface area contributed by atoms with Crippen LogP contribution in [0, 0.1) is 0 Å². The second-order valence-corrected chi connectivity index (χ2v) is 7.96. The molecule has 140 valence electrons. The monoisotopic (exact) mass is 382 g/mol. The number of aromatic hydroxyl groups is 1. The number of amides is 1. The number of carbonyl (C=O) groups excluding carboxylic acids is 1. The summed E-state index contributed by atoms with van der Waals surface area (Å²) in [6, 6.07) is 11.5. The molecule has 4 rings (SSSR count). The van der Waals surface area contributed by atoms with Crippen molar-refractivity contribution in [2.45, 2.75) is 44.7 Å². The average molecular weight is 382 g/mol. The maximum atomic E-state index is 13.1. The van der Waals surface area contributed by atoms with Crippen LogP contribution in [0.1, 0.15) is 48.0 Å². The van der Waals surface area contributed by atoms with E-state index >= 15 is 0 Å². The summed E-state index contributed by atoms with van der Waals surface area (Å²) in [6.45, 7) is 0.358. The molecule has 1 amide bonds. The number of fused-ring (bicyclic) bond motifs is 1. The molecule has 6 heteroatoms. The number of hydrogen-bond donors (Lipinski definition) is 2. The molecule has 0 bridgehead atoms. The number of hydrogen-bond acceptors (Lipinski definition) is 4. The van der Waals surface area contributed by atoms with E-state index in [1.54, 1.807) is 4.57 Å². The molecular formula is C21H22N2O3S. The Morgan fingerprint density at radius 3 is 2.63 bits per heavy atom. The minimum Gasteiger partial charge on any atom is -0.505 e. The molecule has 0 aliphatic heterocycles. The van der Waals surface area contributed by atoms with E-state index in [-0.39, 0.29) is 17.4 Å². The average Bonchev–Trinajstić information content (AvgIpc) is 3.17. The molecular weight excluding hydrogens is 360 g/mol. The van der Waals surface area contributed by atoms with E-state index in [4.69, 9.17) is 0 Å². The van der Waals surface area contributed by atoms with Gasteiger partial charge in [0.25, 0.3) is 11.5 Å². The zero-order chi connectivity index (χ0) is 18.8. The van der Waals surface area contributed by atoms with Crippen molar-refractivity contribution in [1.29, 1.82) is 0 Å². The molecule has 2 N–H and O–H groups in total. The molecule has 3 aromatic rings. The van der Waals surface area contributed by atoms with Crippen molar-refractivity contribution in [3.63, 3.8) is 0 Å². The lowest BCUT2D eigenvalue weighted by Gasteiger charge is -2.23. The first kappa shape index (κ1) is 17.8. The number of benzene rings is 1. The van der Waals surface area contributed by atoms with Crippen molar-refractivity contribution < 1.29 is 9.90 Å². The van der Waals surface area contributed by atoms with Gasteiger partial charge < -0.3 is 15.0 Å². The lowest BCUT2D eigenvalue weighted by Crippen LogP contribution is -2.40. The summed E-state index contributed by atoms with van der Waals surface area (Å²) in [5.41, 5.74) is 1.03. The third-order valence-electron chi connectivity index (χ3n) is 5.20. The van der Waals surface area contributed by atoms with Gasteiger partial charge in [-0.3, -0.25) is 9.59 Å². The Morgan fingerprint density at radius 1 is 1.15 bits per heavy atom. The molecule has 1 fully saturated rings. The number of carbonyl (C=O) groups is 1. The summed E-state index contributed by atoms with van der Waals surface area (Å²) < 4.78 is 2.15. The van der Waals surface area contributed by atoms with E-state index < -0.39 is 11.5 Å². The van der Waals surface area contributed by atoms with Gasteiger partial charge in [0, 0.05) is 6.04 Å². The van der Waals surface area contributed by atoms with Crippen LogP contribution >= 0.6 is 11.3 Å². The predicted molar refractivity (Wildman–Crippen MR) is 108 cm³/mol. The molecule has 5 nitrogen and oxygen atoms in total. The summed E-state index contributed by atoms with van der Waals surface area (Å²) in [5, 5.41) is 15.4. The maximum absolute atomic E-state index is 13.1. The topological polar surface area (TPSA) is 71.3 Å². The molecule has 1 saturated carbocycles. The highest BCUT2D eigenvalue weighted by Crippen LogP contribution is 2.31. The Hall–Kier alpha value is -2.60. The number of pyridine rings is 1. The van der Waals surface area contributed by atoms with Gasteiger partial charge in [0.05, 0.1) is 16.8 Å². The highest BCUT2D eigenvalue weighted by atomic mass is 32.1. The third-order valence-corrected chi connectivity index (χ3v) is 6.11. The Morgan fingerprint density at radius 2 is 1.89 bits per heavy atom. The van der Waals surface area contributed by atoms with Crippen molar-refractivity contribution in [1.82, 2.24) is 9.88 Å². The summed E-state index contributed by atoms with van der Waals surface area (Å²) in [4.78, 5) is 26.0. The summed E-state index contributed by atoms with van der Waals surface area (Å²) >= 11 is 1.34. The SMILES string of the molecule is O=C(NC1CCCCC1)c1c(O)c2sccc2n(Cc2ccccc2)c1=O. The van der Waals surface area contributed by atoms with Gasteiger partial charge in [-0.15, -0.1) is 11.3 Å². The number of thiophene rings is 1. The van der Waals surface area contributed by atoms with Crippen molar-refractivity contribution in [2.75, 3.05) is 0 Å². The molecule has 1 aliphatic rings. The minimum atomic E-state index is -0.471. The van der Waals surface area contributed by atoms with Crippen LogP contribution in [0.15, 0.2) is 46.6 Å². The lowest BCUT2D eigenvalue weighted by molar-refractivity contribution is 0.0923. The summed E-state index contributed by atoms with van der Waals surface area (Å²) in [6.07, 6.45) is 5.19. The predicted octanol–water partition coefficient (Wildman–Crippen LogP) is 3.88. The molecule has 0 atom stereocenters. The van der Waals surface area contributed by atoms with Crippen molar-refractivity contribution in [3.8, 4) is 5.75 Å². The fourth-order valence-electron chi connectivity index (χ4n) is 3.78. The lowest BCUT2D eigenvalue weighted by atomic mass is 9.95. The summed E-state index contributed by atoms with van der Waals surface area (Å²) in [7, 11) is 0. The van der Waals surface area contributed by atoms with Crippen molar-refractivity contribution in [3.05, 3.63) is 63.3 Å². The van der Waals surface area contributed by atoms with Gasteiger partial charge in [-0.2, -0.15) is 0 Å². The largest absolute Gasteiger partial charge is 0.505 e. The van der Waals surface area contributed by atoms with E-state index in [1.165, 1.54) is 17.8 Å². The molecule has 1 aliphatic carbocycles. The van der Waals surface area contributed by atoms with E-state index in [9.17, 15) is 14.7 Å². The molecule has 2 heterocycles. The zero-order valence-corrected chi connectivity index (χ0v) is 15.8. The smallest absolute Gasteiger partial charge is 0.268 e. The van der Waals surface area contributed by atoms with Crippen LogP contribution in [-0.4, -0.2) is 21.6 Å². The standard InChI is InChI=1S/C21H22N2O3S/c24-18-17(20(25)22-15-9-5-2-6-10-15)21(26)23(16-11-12-27-19(16)18)13-14-7-3-1-4-8-14/h1,3-4,7-8,11-12,15,24H,2,5-6,9-10,13H2,(H,22,25). The molecule has 27 heavy (non-hydrogen) atoms. The molecule has 0 saturated heterocycles. The van der Waals surface area contributed by atoms with Gasteiger partial charge in [-0.25, -0.2) is 0 Å². The van der Waals surface area contributed by atoms with Crippen molar-refractivity contribution >= 4 is 27.5 Å². The normalized spacial score (nSPS) is 15.1. The Labute approximate surface area is 161 Å². The Balaban J connectivity index is 1.76. The highest BCUT2D eigenvalue weighted by molar-refractivity contribution is 7.17. The number of rotatable bonds is 4. The number of nitrogens with zero attached hydrogens (tertiary/aromatic N) is 1. The molecule has 0 spiro atoms. The van der Waals surface area contributed by atoms with Crippen LogP contribution in [0.4, 0.5) is 0 Å². The fourth-order valence-corrected chi connectivity index (χ4v) is 4.63. The van der Waals surface area contributed by atoms with Gasteiger partial charge in [-0.1, -0.05) is 49.6 Å². The van der Waals surface area contributed by atoms with E-state index in [0.717, 1.165) is 31.2 Å². The molecule has 0 radical (unpaired) electrons. The Bertz CT molecular complexity index is 1020. The first-order valence-electron chi connectivity index (χ1n) is 9.33. The van der Waals surface area contributed by atoms with E-state index in [0.29, 0.717) is 16.8 Å². The first-order chi connectivity index (χ1) is 13.1. The third kappa shape index (κ3) is 3.49.